The van der Waals surface area contributed by atoms with Crippen LogP contribution in [0.5, 0.6) is 0 Å². The zero-order valence-corrected chi connectivity index (χ0v) is 19.5. The summed E-state index contributed by atoms with van der Waals surface area (Å²) in [5, 5.41) is 5.87. The molecule has 1 aromatic rings. The SMILES string of the molecule is CCOC(=O)NC(CNC(=O)C1CC2CCCCC2N1C(=O)c1ccccc1)CC(C)C. The Balaban J connectivity index is 1.70. The van der Waals surface area contributed by atoms with Crippen LogP contribution in [-0.2, 0) is 9.53 Å². The molecule has 0 bridgehead atoms. The number of hydrogen-bond acceptors (Lipinski definition) is 4. The minimum absolute atomic E-state index is 0.0662. The average Bonchev–Trinajstić information content (AvgIpc) is 3.17. The second-order valence-electron chi connectivity index (χ2n) is 9.38. The normalized spacial score (nSPS) is 23.4. The molecule has 1 heterocycles. The first-order valence-corrected chi connectivity index (χ1v) is 12.0. The van der Waals surface area contributed by atoms with Crippen LogP contribution in [0.15, 0.2) is 30.3 Å². The second-order valence-corrected chi connectivity index (χ2v) is 9.38. The number of benzene rings is 1. The molecular weight excluding hydrogens is 406 g/mol. The van der Waals surface area contributed by atoms with Gasteiger partial charge in [0, 0.05) is 24.2 Å². The monoisotopic (exact) mass is 443 g/mol. The summed E-state index contributed by atoms with van der Waals surface area (Å²) in [7, 11) is 0. The molecule has 4 atom stereocenters. The number of carbonyl (C=O) groups is 3. The highest BCUT2D eigenvalue weighted by atomic mass is 16.5. The molecular formula is C25H37N3O4. The summed E-state index contributed by atoms with van der Waals surface area (Å²) in [4.78, 5) is 40.4. The van der Waals surface area contributed by atoms with Gasteiger partial charge in [0.05, 0.1) is 6.61 Å². The predicted molar refractivity (Wildman–Crippen MR) is 123 cm³/mol. The molecule has 2 fully saturated rings. The van der Waals surface area contributed by atoms with Crippen molar-refractivity contribution in [2.45, 2.75) is 77.4 Å². The predicted octanol–water partition coefficient (Wildman–Crippen LogP) is 3.74. The third kappa shape index (κ3) is 6.02. The Morgan fingerprint density at radius 1 is 1.12 bits per heavy atom. The van der Waals surface area contributed by atoms with E-state index in [1.807, 2.05) is 35.2 Å². The van der Waals surface area contributed by atoms with Crippen LogP contribution < -0.4 is 10.6 Å². The number of nitrogens with one attached hydrogen (secondary N) is 2. The van der Waals surface area contributed by atoms with Gasteiger partial charge >= 0.3 is 6.09 Å². The Labute approximate surface area is 191 Å². The van der Waals surface area contributed by atoms with Crippen LogP contribution in [-0.4, -0.2) is 54.1 Å². The van der Waals surface area contributed by atoms with Gasteiger partial charge in [0.15, 0.2) is 0 Å². The minimum atomic E-state index is -0.474. The van der Waals surface area contributed by atoms with Gasteiger partial charge in [-0.1, -0.05) is 44.9 Å². The van der Waals surface area contributed by atoms with Gasteiger partial charge in [-0.25, -0.2) is 4.79 Å². The second kappa shape index (κ2) is 11.3. The summed E-state index contributed by atoms with van der Waals surface area (Å²) in [6.07, 6.45) is 5.22. The van der Waals surface area contributed by atoms with Gasteiger partial charge in [-0.3, -0.25) is 9.59 Å². The van der Waals surface area contributed by atoms with Gasteiger partial charge in [0.25, 0.3) is 5.91 Å². The van der Waals surface area contributed by atoms with Crippen LogP contribution in [0, 0.1) is 11.8 Å². The molecule has 0 radical (unpaired) electrons. The third-order valence-electron chi connectivity index (χ3n) is 6.52. The molecule has 7 nitrogen and oxygen atoms in total. The topological polar surface area (TPSA) is 87.7 Å². The maximum absolute atomic E-state index is 13.4. The Kier molecular flexibility index (Phi) is 8.53. The van der Waals surface area contributed by atoms with E-state index >= 15 is 0 Å². The summed E-state index contributed by atoms with van der Waals surface area (Å²) in [6.45, 7) is 6.52. The molecule has 32 heavy (non-hydrogen) atoms. The Hall–Kier alpha value is -2.57. The van der Waals surface area contributed by atoms with E-state index in [0.29, 0.717) is 37.0 Å². The van der Waals surface area contributed by atoms with Crippen molar-refractivity contribution >= 4 is 17.9 Å². The van der Waals surface area contributed by atoms with E-state index < -0.39 is 12.1 Å². The molecule has 1 aliphatic heterocycles. The molecule has 176 valence electrons. The van der Waals surface area contributed by atoms with Crippen molar-refractivity contribution in [1.82, 2.24) is 15.5 Å². The van der Waals surface area contributed by atoms with Crippen molar-refractivity contribution in [3.63, 3.8) is 0 Å². The van der Waals surface area contributed by atoms with Crippen LogP contribution in [0.25, 0.3) is 0 Å². The molecule has 2 aliphatic rings. The maximum atomic E-state index is 13.4. The van der Waals surface area contributed by atoms with Crippen LogP contribution >= 0.6 is 0 Å². The van der Waals surface area contributed by atoms with Crippen molar-refractivity contribution in [3.8, 4) is 0 Å². The summed E-state index contributed by atoms with van der Waals surface area (Å²) in [5.74, 6) is 0.521. The molecule has 2 N–H and O–H groups in total. The molecule has 4 unspecified atom stereocenters. The van der Waals surface area contributed by atoms with Crippen molar-refractivity contribution in [2.75, 3.05) is 13.2 Å². The number of likely N-dealkylation sites (tertiary alicyclic amines) is 1. The van der Waals surface area contributed by atoms with Gasteiger partial charge in [0.2, 0.25) is 5.91 Å². The Bertz CT molecular complexity index is 783. The molecule has 1 saturated carbocycles. The van der Waals surface area contributed by atoms with E-state index in [1.165, 1.54) is 0 Å². The van der Waals surface area contributed by atoms with Crippen molar-refractivity contribution in [1.29, 1.82) is 0 Å². The standard InChI is InChI=1S/C25H37N3O4/c1-4-32-25(31)27-20(14-17(2)3)16-26-23(29)22-15-19-12-8-9-13-21(19)28(22)24(30)18-10-6-5-7-11-18/h5-7,10-11,17,19-22H,4,8-9,12-16H2,1-3H3,(H,26,29)(H,27,31). The summed E-state index contributed by atoms with van der Waals surface area (Å²) in [5.41, 5.74) is 0.623. The summed E-state index contributed by atoms with van der Waals surface area (Å²) in [6, 6.07) is 8.65. The zero-order chi connectivity index (χ0) is 23.1. The molecule has 1 saturated heterocycles. The molecule has 1 aliphatic carbocycles. The smallest absolute Gasteiger partial charge is 0.407 e. The molecule has 1 aromatic carbocycles. The van der Waals surface area contributed by atoms with Gasteiger partial charge in [-0.05, 0) is 56.6 Å². The number of carbonyl (C=O) groups excluding carboxylic acids is 3. The third-order valence-corrected chi connectivity index (χ3v) is 6.52. The fourth-order valence-electron chi connectivity index (χ4n) is 5.16. The van der Waals surface area contributed by atoms with E-state index in [0.717, 1.165) is 32.1 Å². The van der Waals surface area contributed by atoms with Crippen LogP contribution in [0.1, 0.15) is 69.7 Å². The largest absolute Gasteiger partial charge is 0.450 e. The van der Waals surface area contributed by atoms with E-state index in [1.54, 1.807) is 6.92 Å². The van der Waals surface area contributed by atoms with Crippen molar-refractivity contribution in [2.24, 2.45) is 11.8 Å². The number of alkyl carbamates (subject to hydrolysis) is 1. The van der Waals surface area contributed by atoms with Crippen LogP contribution in [0.4, 0.5) is 4.79 Å². The first-order chi connectivity index (χ1) is 15.4. The number of rotatable bonds is 8. The molecule has 7 heteroatoms. The number of amides is 3. The maximum Gasteiger partial charge on any atom is 0.407 e. The number of nitrogens with zero attached hydrogens (tertiary/aromatic N) is 1. The lowest BCUT2D eigenvalue weighted by atomic mass is 9.84. The highest BCUT2D eigenvalue weighted by Crippen LogP contribution is 2.40. The Morgan fingerprint density at radius 2 is 1.84 bits per heavy atom. The number of fused-ring (bicyclic) bond motifs is 1. The van der Waals surface area contributed by atoms with E-state index in [9.17, 15) is 14.4 Å². The lowest BCUT2D eigenvalue weighted by Crippen LogP contribution is -2.52. The minimum Gasteiger partial charge on any atom is -0.450 e. The summed E-state index contributed by atoms with van der Waals surface area (Å²) >= 11 is 0. The summed E-state index contributed by atoms with van der Waals surface area (Å²) < 4.78 is 5.01. The van der Waals surface area contributed by atoms with E-state index in [4.69, 9.17) is 4.74 Å². The van der Waals surface area contributed by atoms with Gasteiger partial charge in [-0.2, -0.15) is 0 Å². The fourth-order valence-corrected chi connectivity index (χ4v) is 5.16. The molecule has 3 amide bonds. The van der Waals surface area contributed by atoms with Crippen LogP contribution in [0.3, 0.4) is 0 Å². The van der Waals surface area contributed by atoms with Crippen molar-refractivity contribution < 1.29 is 19.1 Å². The molecule has 0 aromatic heterocycles. The number of ether oxygens (including phenoxy) is 1. The number of hydrogen-bond donors (Lipinski definition) is 2. The fraction of sp³-hybridized carbons (Fsp3) is 0.640. The molecule has 0 spiro atoms. The lowest BCUT2D eigenvalue weighted by molar-refractivity contribution is -0.125. The average molecular weight is 444 g/mol. The van der Waals surface area contributed by atoms with E-state index in [2.05, 4.69) is 24.5 Å². The lowest BCUT2D eigenvalue weighted by Gasteiger charge is -2.34. The quantitative estimate of drug-likeness (QED) is 0.641. The van der Waals surface area contributed by atoms with Gasteiger partial charge in [-0.15, -0.1) is 0 Å². The first kappa shape index (κ1) is 24.1. The highest BCUT2D eigenvalue weighted by molar-refractivity contribution is 5.98. The van der Waals surface area contributed by atoms with E-state index in [-0.39, 0.29) is 23.9 Å². The first-order valence-electron chi connectivity index (χ1n) is 12.0. The zero-order valence-electron chi connectivity index (χ0n) is 19.5. The van der Waals surface area contributed by atoms with Gasteiger partial charge < -0.3 is 20.3 Å². The van der Waals surface area contributed by atoms with Gasteiger partial charge in [0.1, 0.15) is 6.04 Å². The Morgan fingerprint density at radius 3 is 2.53 bits per heavy atom. The molecule has 3 rings (SSSR count). The highest BCUT2D eigenvalue weighted by Gasteiger charge is 2.47. The van der Waals surface area contributed by atoms with Crippen molar-refractivity contribution in [3.05, 3.63) is 35.9 Å². The van der Waals surface area contributed by atoms with Crippen LogP contribution in [0.2, 0.25) is 0 Å².